The lowest BCUT2D eigenvalue weighted by Gasteiger charge is -2.36. The Kier molecular flexibility index (Phi) is 5.42. The van der Waals surface area contributed by atoms with Crippen LogP contribution in [0.3, 0.4) is 0 Å². The minimum Gasteiger partial charge on any atom is -0.440 e. The summed E-state index contributed by atoms with van der Waals surface area (Å²) in [6.07, 6.45) is 2.93. The summed E-state index contributed by atoms with van der Waals surface area (Å²) in [6.45, 7) is 3.97. The van der Waals surface area contributed by atoms with E-state index in [9.17, 15) is 13.2 Å². The second kappa shape index (κ2) is 7.83. The number of oxazole rings is 1. The van der Waals surface area contributed by atoms with Gasteiger partial charge >= 0.3 is 0 Å². The number of aromatic nitrogens is 1. The fraction of sp³-hybridized carbons (Fsp3) is 0.600. The first-order valence-electron chi connectivity index (χ1n) is 10.1. The van der Waals surface area contributed by atoms with E-state index < -0.39 is 10.0 Å². The van der Waals surface area contributed by atoms with Gasteiger partial charge in [0.25, 0.3) is 0 Å². The number of benzene rings is 1. The normalized spacial score (nSPS) is 20.7. The van der Waals surface area contributed by atoms with Crippen molar-refractivity contribution in [1.82, 2.24) is 14.2 Å². The predicted molar refractivity (Wildman–Crippen MR) is 106 cm³/mol. The number of amides is 1. The third-order valence-corrected chi connectivity index (χ3v) is 7.91. The number of carbonyl (C=O) groups excluding carboxylic acids is 1. The lowest BCUT2D eigenvalue weighted by atomic mass is 9.92. The van der Waals surface area contributed by atoms with E-state index in [-0.39, 0.29) is 23.5 Å². The van der Waals surface area contributed by atoms with E-state index in [1.54, 1.807) is 6.92 Å². The minimum atomic E-state index is -3.15. The molecule has 0 spiro atoms. The summed E-state index contributed by atoms with van der Waals surface area (Å²) in [5.74, 6) is 1.24. The number of likely N-dealkylation sites (tertiary alicyclic amines) is 1. The van der Waals surface area contributed by atoms with Crippen LogP contribution < -0.4 is 0 Å². The molecule has 28 heavy (non-hydrogen) atoms. The summed E-state index contributed by atoms with van der Waals surface area (Å²) < 4.78 is 31.4. The Hall–Kier alpha value is -1.93. The molecule has 8 heteroatoms. The molecule has 2 fully saturated rings. The first-order valence-corrected chi connectivity index (χ1v) is 11.7. The van der Waals surface area contributed by atoms with Crippen molar-refractivity contribution in [3.63, 3.8) is 0 Å². The lowest BCUT2D eigenvalue weighted by Crippen LogP contribution is -2.46. The molecule has 1 amide bonds. The van der Waals surface area contributed by atoms with Crippen LogP contribution in [0.5, 0.6) is 0 Å². The van der Waals surface area contributed by atoms with E-state index in [2.05, 4.69) is 4.98 Å². The number of hydrogen-bond acceptors (Lipinski definition) is 5. The molecule has 152 valence electrons. The van der Waals surface area contributed by atoms with Crippen molar-refractivity contribution in [2.45, 2.75) is 38.5 Å². The molecule has 0 saturated carbocycles. The third kappa shape index (κ3) is 3.80. The van der Waals surface area contributed by atoms with Gasteiger partial charge in [0.1, 0.15) is 5.52 Å². The highest BCUT2D eigenvalue weighted by Crippen LogP contribution is 2.31. The molecule has 1 aromatic carbocycles. The van der Waals surface area contributed by atoms with Crippen LogP contribution in [-0.2, 0) is 14.8 Å². The smallest absolute Gasteiger partial charge is 0.225 e. The minimum absolute atomic E-state index is 0.0656. The summed E-state index contributed by atoms with van der Waals surface area (Å²) in [4.78, 5) is 19.4. The Morgan fingerprint density at radius 3 is 2.43 bits per heavy atom. The second-order valence-electron chi connectivity index (χ2n) is 7.69. The number of hydrogen-bond donors (Lipinski definition) is 0. The number of fused-ring (bicyclic) bond motifs is 1. The van der Waals surface area contributed by atoms with Gasteiger partial charge in [-0.25, -0.2) is 17.7 Å². The van der Waals surface area contributed by atoms with E-state index in [0.717, 1.165) is 29.8 Å². The monoisotopic (exact) mass is 405 g/mol. The van der Waals surface area contributed by atoms with Crippen LogP contribution >= 0.6 is 0 Å². The Labute approximate surface area is 165 Å². The molecule has 3 heterocycles. The summed E-state index contributed by atoms with van der Waals surface area (Å²) in [5.41, 5.74) is 1.69. The fourth-order valence-corrected chi connectivity index (χ4v) is 5.37. The van der Waals surface area contributed by atoms with E-state index >= 15 is 0 Å². The Morgan fingerprint density at radius 1 is 1.11 bits per heavy atom. The van der Waals surface area contributed by atoms with E-state index in [1.165, 1.54) is 4.31 Å². The fourth-order valence-electron chi connectivity index (χ4n) is 4.23. The average Bonchev–Trinajstić information content (AvgIpc) is 3.18. The van der Waals surface area contributed by atoms with Gasteiger partial charge in [0.15, 0.2) is 11.5 Å². The zero-order valence-electron chi connectivity index (χ0n) is 16.2. The van der Waals surface area contributed by atoms with Gasteiger partial charge < -0.3 is 9.32 Å². The molecule has 1 aromatic heterocycles. The Bertz CT molecular complexity index is 906. The second-order valence-corrected chi connectivity index (χ2v) is 9.95. The molecular weight excluding hydrogens is 378 g/mol. The predicted octanol–water partition coefficient (Wildman–Crippen LogP) is 2.60. The molecule has 2 aromatic rings. The lowest BCUT2D eigenvalue weighted by molar-refractivity contribution is -0.137. The molecule has 2 saturated heterocycles. The average molecular weight is 406 g/mol. The molecule has 0 radical (unpaired) electrons. The molecule has 0 bridgehead atoms. The van der Waals surface area contributed by atoms with Crippen molar-refractivity contribution in [3.05, 3.63) is 30.2 Å². The maximum absolute atomic E-state index is 12.9. The first-order chi connectivity index (χ1) is 13.5. The van der Waals surface area contributed by atoms with Crippen LogP contribution in [0.4, 0.5) is 0 Å². The number of para-hydroxylation sites is 2. The standard InChI is InChI=1S/C20H27N3O4S/c1-2-28(25,26)23-13-9-16(10-14-23)20(24)22-11-7-15(8-12-22)19-21-17-5-3-4-6-18(17)27-19/h3-6,15-16H,2,7-14H2,1H3. The highest BCUT2D eigenvalue weighted by atomic mass is 32.2. The van der Waals surface area contributed by atoms with Crippen LogP contribution in [0.25, 0.3) is 11.1 Å². The SMILES string of the molecule is CCS(=O)(=O)N1CCC(C(=O)N2CCC(c3nc4ccccc4o3)CC2)CC1. The number of nitrogens with zero attached hydrogens (tertiary/aromatic N) is 3. The third-order valence-electron chi connectivity index (χ3n) is 6.03. The van der Waals surface area contributed by atoms with Gasteiger partial charge in [0.05, 0.1) is 5.75 Å². The highest BCUT2D eigenvalue weighted by Gasteiger charge is 2.34. The van der Waals surface area contributed by atoms with Gasteiger partial charge in [-0.1, -0.05) is 12.1 Å². The summed E-state index contributed by atoms with van der Waals surface area (Å²) in [5, 5.41) is 0. The molecule has 2 aliphatic rings. The van der Waals surface area contributed by atoms with Crippen molar-refractivity contribution in [2.75, 3.05) is 31.9 Å². The highest BCUT2D eigenvalue weighted by molar-refractivity contribution is 7.89. The molecule has 0 aliphatic carbocycles. The molecule has 7 nitrogen and oxygen atoms in total. The van der Waals surface area contributed by atoms with Crippen LogP contribution in [0.2, 0.25) is 0 Å². The largest absolute Gasteiger partial charge is 0.440 e. The Balaban J connectivity index is 1.32. The van der Waals surface area contributed by atoms with Gasteiger partial charge in [-0.15, -0.1) is 0 Å². The van der Waals surface area contributed by atoms with Gasteiger partial charge in [-0.3, -0.25) is 4.79 Å². The van der Waals surface area contributed by atoms with Crippen LogP contribution in [-0.4, -0.2) is 60.4 Å². The van der Waals surface area contributed by atoms with Crippen molar-refractivity contribution < 1.29 is 17.6 Å². The number of piperidine rings is 2. The number of sulfonamides is 1. The number of carbonyl (C=O) groups is 1. The van der Waals surface area contributed by atoms with Crippen molar-refractivity contribution in [2.24, 2.45) is 5.92 Å². The van der Waals surface area contributed by atoms with Crippen molar-refractivity contribution in [3.8, 4) is 0 Å². The van der Waals surface area contributed by atoms with E-state index in [0.29, 0.717) is 39.0 Å². The van der Waals surface area contributed by atoms with Crippen LogP contribution in [0.1, 0.15) is 44.4 Å². The molecular formula is C20H27N3O4S. The quantitative estimate of drug-likeness (QED) is 0.781. The molecule has 2 aliphatic heterocycles. The van der Waals surface area contributed by atoms with E-state index in [1.807, 2.05) is 29.2 Å². The molecule has 4 rings (SSSR count). The van der Waals surface area contributed by atoms with Gasteiger partial charge in [-0.2, -0.15) is 0 Å². The van der Waals surface area contributed by atoms with Gasteiger partial charge in [0, 0.05) is 38.0 Å². The van der Waals surface area contributed by atoms with E-state index in [4.69, 9.17) is 4.42 Å². The zero-order valence-corrected chi connectivity index (χ0v) is 17.0. The van der Waals surface area contributed by atoms with Gasteiger partial charge in [0.2, 0.25) is 15.9 Å². The Morgan fingerprint density at radius 2 is 1.79 bits per heavy atom. The molecule has 0 unspecified atom stereocenters. The molecule has 0 atom stereocenters. The summed E-state index contributed by atoms with van der Waals surface area (Å²) >= 11 is 0. The van der Waals surface area contributed by atoms with Crippen LogP contribution in [0, 0.1) is 5.92 Å². The maximum Gasteiger partial charge on any atom is 0.225 e. The van der Waals surface area contributed by atoms with Gasteiger partial charge in [-0.05, 0) is 44.7 Å². The topological polar surface area (TPSA) is 83.7 Å². The zero-order chi connectivity index (χ0) is 19.7. The van der Waals surface area contributed by atoms with Crippen molar-refractivity contribution in [1.29, 1.82) is 0 Å². The maximum atomic E-state index is 12.9. The van der Waals surface area contributed by atoms with Crippen molar-refractivity contribution >= 4 is 27.0 Å². The molecule has 0 N–H and O–H groups in total. The number of rotatable bonds is 4. The van der Waals surface area contributed by atoms with Crippen LogP contribution in [0.15, 0.2) is 28.7 Å². The summed E-state index contributed by atoms with van der Waals surface area (Å²) in [7, 11) is -3.15. The first kappa shape index (κ1) is 19.4. The summed E-state index contributed by atoms with van der Waals surface area (Å²) in [6, 6.07) is 7.77.